The standard InChI is InChI=1S/C11H13N3O5/c15-8-2-1-7(13-14-8)9(16)12-11(10(17)18)3-5-19-6-4-11/h1-2H,3-6H2,(H,12,16)(H,14,15)(H,17,18). The van der Waals surface area contributed by atoms with Crippen molar-refractivity contribution in [2.75, 3.05) is 13.2 Å². The summed E-state index contributed by atoms with van der Waals surface area (Å²) in [5.41, 5.74) is -1.81. The number of H-pyrrole nitrogens is 1. The average molecular weight is 267 g/mol. The summed E-state index contributed by atoms with van der Waals surface area (Å²) in [6.45, 7) is 0.539. The average Bonchev–Trinajstić information content (AvgIpc) is 2.40. The first-order chi connectivity index (χ1) is 9.03. The zero-order chi connectivity index (χ0) is 13.9. The molecule has 3 N–H and O–H groups in total. The van der Waals surface area contributed by atoms with Gasteiger partial charge in [0, 0.05) is 32.1 Å². The molecule has 1 aliphatic heterocycles. The number of carboxylic acid groups (broad SMARTS) is 1. The third-order valence-corrected chi connectivity index (χ3v) is 3.02. The minimum atomic E-state index is -1.34. The van der Waals surface area contributed by atoms with Crippen LogP contribution in [0.4, 0.5) is 0 Å². The Bertz CT molecular complexity index is 527. The summed E-state index contributed by atoms with van der Waals surface area (Å²) in [5, 5.41) is 17.4. The van der Waals surface area contributed by atoms with E-state index >= 15 is 0 Å². The Labute approximate surface area is 107 Å². The molecule has 2 rings (SSSR count). The maximum Gasteiger partial charge on any atom is 0.329 e. The van der Waals surface area contributed by atoms with E-state index in [-0.39, 0.29) is 31.7 Å². The molecule has 1 aromatic rings. The SMILES string of the molecule is O=C(NC1(C(=O)O)CCOCC1)c1ccc(=O)[nH]n1. The molecule has 0 radical (unpaired) electrons. The van der Waals surface area contributed by atoms with Crippen LogP contribution < -0.4 is 10.9 Å². The van der Waals surface area contributed by atoms with Crippen molar-refractivity contribution >= 4 is 11.9 Å². The van der Waals surface area contributed by atoms with Crippen LogP contribution in [0.3, 0.4) is 0 Å². The highest BCUT2D eigenvalue weighted by Crippen LogP contribution is 2.21. The summed E-state index contributed by atoms with van der Waals surface area (Å²) in [7, 11) is 0. The Morgan fingerprint density at radius 2 is 2.05 bits per heavy atom. The topological polar surface area (TPSA) is 121 Å². The number of rotatable bonds is 3. The van der Waals surface area contributed by atoms with Gasteiger partial charge in [-0.15, -0.1) is 0 Å². The van der Waals surface area contributed by atoms with E-state index in [1.807, 2.05) is 0 Å². The van der Waals surface area contributed by atoms with Gasteiger partial charge in [0.2, 0.25) is 0 Å². The molecule has 8 heteroatoms. The van der Waals surface area contributed by atoms with Gasteiger partial charge in [-0.05, 0) is 6.07 Å². The molecule has 102 valence electrons. The predicted octanol–water partition coefficient (Wildman–Crippen LogP) is -0.867. The van der Waals surface area contributed by atoms with E-state index in [1.165, 1.54) is 6.07 Å². The van der Waals surface area contributed by atoms with Crippen molar-refractivity contribution in [2.45, 2.75) is 18.4 Å². The lowest BCUT2D eigenvalue weighted by atomic mass is 9.90. The van der Waals surface area contributed by atoms with E-state index in [2.05, 4.69) is 15.5 Å². The zero-order valence-electron chi connectivity index (χ0n) is 10.0. The predicted molar refractivity (Wildman–Crippen MR) is 62.7 cm³/mol. The van der Waals surface area contributed by atoms with Gasteiger partial charge in [-0.25, -0.2) is 9.89 Å². The summed E-state index contributed by atoms with van der Waals surface area (Å²) in [5.74, 6) is -1.74. The number of hydrogen-bond acceptors (Lipinski definition) is 5. The fourth-order valence-corrected chi connectivity index (χ4v) is 1.86. The van der Waals surface area contributed by atoms with Crippen LogP contribution in [0.5, 0.6) is 0 Å². The second kappa shape index (κ2) is 5.19. The molecule has 0 aliphatic carbocycles. The first kappa shape index (κ1) is 13.2. The minimum absolute atomic E-state index is 0.0354. The minimum Gasteiger partial charge on any atom is -0.480 e. The van der Waals surface area contributed by atoms with Crippen molar-refractivity contribution in [1.29, 1.82) is 0 Å². The molecule has 1 amide bonds. The number of carbonyl (C=O) groups is 2. The number of aromatic amines is 1. The van der Waals surface area contributed by atoms with Crippen molar-refractivity contribution < 1.29 is 19.4 Å². The van der Waals surface area contributed by atoms with Crippen LogP contribution in [-0.4, -0.2) is 45.9 Å². The van der Waals surface area contributed by atoms with Gasteiger partial charge in [-0.3, -0.25) is 9.59 Å². The van der Waals surface area contributed by atoms with Crippen LogP contribution in [0.1, 0.15) is 23.3 Å². The van der Waals surface area contributed by atoms with Crippen molar-refractivity contribution in [2.24, 2.45) is 0 Å². The molecule has 0 atom stereocenters. The molecule has 1 fully saturated rings. The largest absolute Gasteiger partial charge is 0.480 e. The van der Waals surface area contributed by atoms with Crippen LogP contribution in [0.2, 0.25) is 0 Å². The molecule has 0 aromatic carbocycles. The van der Waals surface area contributed by atoms with Crippen LogP contribution in [0, 0.1) is 0 Å². The molecule has 1 aromatic heterocycles. The number of carbonyl (C=O) groups excluding carboxylic acids is 1. The van der Waals surface area contributed by atoms with E-state index in [9.17, 15) is 19.5 Å². The first-order valence-electron chi connectivity index (χ1n) is 5.73. The highest BCUT2D eigenvalue weighted by molar-refractivity contribution is 5.96. The molecule has 2 heterocycles. The fraction of sp³-hybridized carbons (Fsp3) is 0.455. The van der Waals surface area contributed by atoms with E-state index in [1.54, 1.807) is 0 Å². The van der Waals surface area contributed by atoms with Crippen molar-refractivity contribution in [1.82, 2.24) is 15.5 Å². The molecule has 0 bridgehead atoms. The quantitative estimate of drug-likeness (QED) is 0.654. The number of nitrogens with zero attached hydrogens (tertiary/aromatic N) is 1. The molecule has 8 nitrogen and oxygen atoms in total. The fourth-order valence-electron chi connectivity index (χ4n) is 1.86. The molecule has 1 saturated heterocycles. The van der Waals surface area contributed by atoms with Gasteiger partial charge in [0.25, 0.3) is 11.5 Å². The van der Waals surface area contributed by atoms with E-state index < -0.39 is 23.0 Å². The second-order valence-electron chi connectivity index (χ2n) is 4.26. The molecule has 0 saturated carbocycles. The Balaban J connectivity index is 2.17. The highest BCUT2D eigenvalue weighted by atomic mass is 16.5. The summed E-state index contributed by atoms with van der Waals surface area (Å²) in [6, 6.07) is 2.39. The normalized spacial score (nSPS) is 17.7. The highest BCUT2D eigenvalue weighted by Gasteiger charge is 2.41. The second-order valence-corrected chi connectivity index (χ2v) is 4.26. The van der Waals surface area contributed by atoms with Gasteiger partial charge in [-0.2, -0.15) is 5.10 Å². The smallest absolute Gasteiger partial charge is 0.329 e. The lowest BCUT2D eigenvalue weighted by Gasteiger charge is -2.33. The Morgan fingerprint density at radius 1 is 1.37 bits per heavy atom. The van der Waals surface area contributed by atoms with Crippen molar-refractivity contribution in [3.05, 3.63) is 28.2 Å². The lowest BCUT2D eigenvalue weighted by molar-refractivity contribution is -0.148. The molecule has 1 aliphatic rings. The summed E-state index contributed by atoms with van der Waals surface area (Å²) in [6.07, 6.45) is 0.384. The number of carboxylic acids is 1. The monoisotopic (exact) mass is 267 g/mol. The van der Waals surface area contributed by atoms with Gasteiger partial charge in [-0.1, -0.05) is 0 Å². The van der Waals surface area contributed by atoms with Crippen LogP contribution in [-0.2, 0) is 9.53 Å². The van der Waals surface area contributed by atoms with Crippen LogP contribution >= 0.6 is 0 Å². The van der Waals surface area contributed by atoms with Gasteiger partial charge in [0.15, 0.2) is 0 Å². The molecule has 0 unspecified atom stereocenters. The lowest BCUT2D eigenvalue weighted by Crippen LogP contribution is -2.57. The van der Waals surface area contributed by atoms with Crippen LogP contribution in [0.15, 0.2) is 16.9 Å². The number of aliphatic carboxylic acids is 1. The number of hydrogen-bond donors (Lipinski definition) is 3. The van der Waals surface area contributed by atoms with Gasteiger partial charge < -0.3 is 15.2 Å². The first-order valence-corrected chi connectivity index (χ1v) is 5.73. The summed E-state index contributed by atoms with van der Waals surface area (Å²) >= 11 is 0. The number of ether oxygens (including phenoxy) is 1. The maximum absolute atomic E-state index is 11.9. The Morgan fingerprint density at radius 3 is 2.58 bits per heavy atom. The van der Waals surface area contributed by atoms with Crippen molar-refractivity contribution in [3.63, 3.8) is 0 Å². The number of amides is 1. The maximum atomic E-state index is 11.9. The Hall–Kier alpha value is -2.22. The summed E-state index contributed by atoms with van der Waals surface area (Å²) < 4.78 is 5.10. The molecular formula is C11H13N3O5. The van der Waals surface area contributed by atoms with Gasteiger partial charge >= 0.3 is 5.97 Å². The zero-order valence-corrected chi connectivity index (χ0v) is 10.0. The van der Waals surface area contributed by atoms with E-state index in [0.29, 0.717) is 0 Å². The van der Waals surface area contributed by atoms with Gasteiger partial charge in [0.1, 0.15) is 11.2 Å². The summed E-state index contributed by atoms with van der Waals surface area (Å²) in [4.78, 5) is 34.1. The van der Waals surface area contributed by atoms with Crippen molar-refractivity contribution in [3.8, 4) is 0 Å². The third-order valence-electron chi connectivity index (χ3n) is 3.02. The number of nitrogens with one attached hydrogen (secondary N) is 2. The molecule has 0 spiro atoms. The van der Waals surface area contributed by atoms with Gasteiger partial charge in [0.05, 0.1) is 0 Å². The molecular weight excluding hydrogens is 254 g/mol. The van der Waals surface area contributed by atoms with E-state index in [4.69, 9.17) is 4.74 Å². The number of aromatic nitrogens is 2. The van der Waals surface area contributed by atoms with Crippen LogP contribution in [0.25, 0.3) is 0 Å². The Kier molecular flexibility index (Phi) is 3.61. The van der Waals surface area contributed by atoms with E-state index in [0.717, 1.165) is 6.07 Å². The third kappa shape index (κ3) is 2.79. The molecule has 19 heavy (non-hydrogen) atoms.